The lowest BCUT2D eigenvalue weighted by Gasteiger charge is -1.84. The monoisotopic (exact) mass is 163 g/mol. The fourth-order valence-corrected chi connectivity index (χ4v) is 1.59. The Labute approximate surface area is 62.1 Å². The van der Waals surface area contributed by atoms with Gasteiger partial charge in [-0.2, -0.15) is 0 Å². The van der Waals surface area contributed by atoms with E-state index in [1.807, 2.05) is 6.92 Å². The van der Waals surface area contributed by atoms with Gasteiger partial charge < -0.3 is 5.11 Å². The predicted molar refractivity (Wildman–Crippen MR) is 37.8 cm³/mol. The fourth-order valence-electron chi connectivity index (χ4n) is 0.539. The van der Waals surface area contributed by atoms with E-state index in [9.17, 15) is 0 Å². The maximum atomic E-state index is 8.64. The number of aliphatic hydroxyl groups is 1. The summed E-state index contributed by atoms with van der Waals surface area (Å²) in [5.74, 6) is 0. The van der Waals surface area contributed by atoms with Crippen molar-refractivity contribution in [3.63, 3.8) is 0 Å². The van der Waals surface area contributed by atoms with Crippen molar-refractivity contribution < 1.29 is 5.11 Å². The zero-order chi connectivity index (χ0) is 6.85. The van der Waals surface area contributed by atoms with Gasteiger partial charge in [0.15, 0.2) is 4.47 Å². The number of halogens is 1. The van der Waals surface area contributed by atoms with Crippen molar-refractivity contribution in [3.05, 3.63) is 15.0 Å². The van der Waals surface area contributed by atoms with Gasteiger partial charge in [-0.25, -0.2) is 4.98 Å². The molecule has 0 aliphatic carbocycles. The lowest BCUT2D eigenvalue weighted by Crippen LogP contribution is -1.79. The van der Waals surface area contributed by atoms with E-state index in [1.54, 1.807) is 0 Å². The molecule has 1 N–H and O–H groups in total. The molecule has 0 amide bonds. The third kappa shape index (κ3) is 1.41. The minimum absolute atomic E-state index is 0.0379. The van der Waals surface area contributed by atoms with Crippen molar-refractivity contribution in [3.8, 4) is 0 Å². The van der Waals surface area contributed by atoms with Gasteiger partial charge in [-0.05, 0) is 6.92 Å². The smallest absolute Gasteiger partial charge is 0.184 e. The quantitative estimate of drug-likeness (QED) is 0.682. The molecule has 0 aliphatic rings. The van der Waals surface area contributed by atoms with Crippen LogP contribution in [0.4, 0.5) is 0 Å². The Kier molecular flexibility index (Phi) is 2.05. The van der Waals surface area contributed by atoms with Gasteiger partial charge in [0.25, 0.3) is 0 Å². The van der Waals surface area contributed by atoms with Crippen molar-refractivity contribution in [2.75, 3.05) is 0 Å². The molecule has 0 unspecified atom stereocenters. The highest BCUT2D eigenvalue weighted by Gasteiger charge is 2.02. The van der Waals surface area contributed by atoms with Gasteiger partial charge in [0, 0.05) is 0 Å². The van der Waals surface area contributed by atoms with Gasteiger partial charge in [0.2, 0.25) is 0 Å². The van der Waals surface area contributed by atoms with E-state index in [1.165, 1.54) is 11.3 Å². The van der Waals surface area contributed by atoms with Crippen LogP contribution in [0.1, 0.15) is 10.6 Å². The molecule has 0 atom stereocenters. The average Bonchev–Trinajstić information content (AvgIpc) is 2.10. The number of aliphatic hydroxyl groups excluding tert-OH is 1. The summed E-state index contributed by atoms with van der Waals surface area (Å²) >= 11 is 6.86. The summed E-state index contributed by atoms with van der Waals surface area (Å²) in [5, 5.41) is 8.64. The van der Waals surface area contributed by atoms with Crippen LogP contribution in [-0.2, 0) is 6.61 Å². The van der Waals surface area contributed by atoms with Gasteiger partial charge in [0.1, 0.15) is 0 Å². The second-order valence-corrected chi connectivity index (χ2v) is 3.30. The topological polar surface area (TPSA) is 33.1 Å². The van der Waals surface area contributed by atoms with E-state index >= 15 is 0 Å². The number of hydrogen-bond donors (Lipinski definition) is 1. The lowest BCUT2D eigenvalue weighted by molar-refractivity contribution is 0.284. The number of aromatic nitrogens is 1. The number of rotatable bonds is 1. The molecular weight excluding hydrogens is 158 g/mol. The normalized spacial score (nSPS) is 10.1. The molecule has 9 heavy (non-hydrogen) atoms. The standard InChI is InChI=1S/C5H6ClNOS/c1-3-4(2-8)9-5(6)7-3/h8H,2H2,1H3. The van der Waals surface area contributed by atoms with Crippen molar-refractivity contribution in [1.82, 2.24) is 4.98 Å². The molecule has 1 aromatic rings. The van der Waals surface area contributed by atoms with Gasteiger partial charge in [0.05, 0.1) is 17.2 Å². The van der Waals surface area contributed by atoms with E-state index in [-0.39, 0.29) is 6.61 Å². The summed E-state index contributed by atoms with van der Waals surface area (Å²) in [6.45, 7) is 1.87. The van der Waals surface area contributed by atoms with E-state index in [0.29, 0.717) is 4.47 Å². The maximum Gasteiger partial charge on any atom is 0.184 e. The van der Waals surface area contributed by atoms with Crippen LogP contribution in [0, 0.1) is 6.92 Å². The number of hydrogen-bond acceptors (Lipinski definition) is 3. The Morgan fingerprint density at radius 2 is 2.44 bits per heavy atom. The zero-order valence-corrected chi connectivity index (χ0v) is 6.46. The third-order valence-electron chi connectivity index (χ3n) is 1.01. The third-order valence-corrected chi connectivity index (χ3v) is 2.26. The van der Waals surface area contributed by atoms with E-state index in [4.69, 9.17) is 16.7 Å². The predicted octanol–water partition coefficient (Wildman–Crippen LogP) is 1.60. The summed E-state index contributed by atoms with van der Waals surface area (Å²) in [6, 6.07) is 0. The molecule has 0 spiro atoms. The second-order valence-electron chi connectivity index (χ2n) is 1.63. The molecule has 2 nitrogen and oxygen atoms in total. The second kappa shape index (κ2) is 2.64. The van der Waals surface area contributed by atoms with Gasteiger partial charge in [-0.1, -0.05) is 11.6 Å². The van der Waals surface area contributed by atoms with Gasteiger partial charge >= 0.3 is 0 Å². The summed E-state index contributed by atoms with van der Waals surface area (Å²) in [7, 11) is 0. The van der Waals surface area contributed by atoms with Crippen molar-refractivity contribution in [2.24, 2.45) is 0 Å². The van der Waals surface area contributed by atoms with Crippen molar-refractivity contribution >= 4 is 22.9 Å². The van der Waals surface area contributed by atoms with Crippen molar-refractivity contribution in [2.45, 2.75) is 13.5 Å². The highest BCUT2D eigenvalue weighted by atomic mass is 35.5. The Bertz CT molecular complexity index is 211. The Morgan fingerprint density at radius 3 is 2.67 bits per heavy atom. The number of aryl methyl sites for hydroxylation is 1. The molecule has 1 heterocycles. The van der Waals surface area contributed by atoms with Crippen LogP contribution in [0.25, 0.3) is 0 Å². The lowest BCUT2D eigenvalue weighted by atomic mass is 10.4. The van der Waals surface area contributed by atoms with Gasteiger partial charge in [-0.15, -0.1) is 11.3 Å². The molecule has 4 heteroatoms. The molecule has 0 saturated heterocycles. The van der Waals surface area contributed by atoms with Crippen molar-refractivity contribution in [1.29, 1.82) is 0 Å². The average molecular weight is 164 g/mol. The molecular formula is C5H6ClNOS. The van der Waals surface area contributed by atoms with Crippen LogP contribution in [0.3, 0.4) is 0 Å². The summed E-state index contributed by atoms with van der Waals surface area (Å²) < 4.78 is 0.497. The molecule has 0 radical (unpaired) electrons. The SMILES string of the molecule is Cc1nc(Cl)sc1CO. The van der Waals surface area contributed by atoms with Crippen LogP contribution >= 0.6 is 22.9 Å². The highest BCUT2D eigenvalue weighted by Crippen LogP contribution is 2.21. The first kappa shape index (κ1) is 6.99. The first-order valence-electron chi connectivity index (χ1n) is 2.46. The molecule has 50 valence electrons. The molecule has 0 aliphatic heterocycles. The maximum absolute atomic E-state index is 8.64. The minimum atomic E-state index is 0.0379. The number of nitrogens with zero attached hydrogens (tertiary/aromatic N) is 1. The van der Waals surface area contributed by atoms with Crippen LogP contribution in [0.15, 0.2) is 0 Å². The Morgan fingerprint density at radius 1 is 1.78 bits per heavy atom. The van der Waals surface area contributed by atoms with Crippen LogP contribution in [0.5, 0.6) is 0 Å². The molecule has 0 saturated carbocycles. The summed E-state index contributed by atoms with van der Waals surface area (Å²) in [5.41, 5.74) is 0.826. The fraction of sp³-hybridized carbons (Fsp3) is 0.400. The van der Waals surface area contributed by atoms with E-state index in [2.05, 4.69) is 4.98 Å². The molecule has 0 bridgehead atoms. The molecule has 1 rings (SSSR count). The van der Waals surface area contributed by atoms with E-state index in [0.717, 1.165) is 10.6 Å². The first-order valence-corrected chi connectivity index (χ1v) is 3.66. The summed E-state index contributed by atoms with van der Waals surface area (Å²) in [4.78, 5) is 4.75. The summed E-state index contributed by atoms with van der Waals surface area (Å²) in [6.07, 6.45) is 0. The zero-order valence-electron chi connectivity index (χ0n) is 4.89. The largest absolute Gasteiger partial charge is 0.391 e. The Hall–Kier alpha value is -0.120. The first-order chi connectivity index (χ1) is 4.24. The molecule has 0 fully saturated rings. The highest BCUT2D eigenvalue weighted by molar-refractivity contribution is 7.15. The van der Waals surface area contributed by atoms with Crippen LogP contribution in [0.2, 0.25) is 4.47 Å². The number of thiazole rings is 1. The molecule has 1 aromatic heterocycles. The van der Waals surface area contributed by atoms with Crippen LogP contribution in [-0.4, -0.2) is 10.1 Å². The minimum Gasteiger partial charge on any atom is -0.391 e. The van der Waals surface area contributed by atoms with E-state index < -0.39 is 0 Å². The molecule has 0 aromatic carbocycles. The van der Waals surface area contributed by atoms with Gasteiger partial charge in [-0.3, -0.25) is 0 Å². The Balaban J connectivity index is 3.01. The van der Waals surface area contributed by atoms with Crippen LogP contribution < -0.4 is 0 Å².